The van der Waals surface area contributed by atoms with Gasteiger partial charge in [-0.25, -0.2) is 22.5 Å². The van der Waals surface area contributed by atoms with Crippen molar-refractivity contribution in [2.24, 2.45) is 0 Å². The number of ether oxygens (including phenoxy) is 1. The van der Waals surface area contributed by atoms with Crippen LogP contribution < -0.4 is 9.46 Å². The van der Waals surface area contributed by atoms with Gasteiger partial charge in [-0.1, -0.05) is 18.2 Å². The van der Waals surface area contributed by atoms with Gasteiger partial charge in [0.05, 0.1) is 0 Å². The van der Waals surface area contributed by atoms with Crippen LogP contribution >= 0.6 is 0 Å². The predicted molar refractivity (Wildman–Crippen MR) is 76.2 cm³/mol. The third-order valence-corrected chi connectivity index (χ3v) is 4.24. The van der Waals surface area contributed by atoms with Gasteiger partial charge in [0.2, 0.25) is 15.9 Å². The van der Waals surface area contributed by atoms with E-state index in [4.69, 9.17) is 0 Å². The standard InChI is InChI=1S/C14H12F4N2O3S/c15-11-5-1-2-6-12(11)24(21,22)20-8-10-4-3-7-19-13(10)23-9-14(16,17)18/h1-7,20H,8-9H2. The van der Waals surface area contributed by atoms with E-state index < -0.39 is 40.1 Å². The van der Waals surface area contributed by atoms with E-state index in [1.54, 1.807) is 0 Å². The molecule has 0 saturated heterocycles. The summed E-state index contributed by atoms with van der Waals surface area (Å²) < 4.78 is 81.0. The molecule has 0 amide bonds. The lowest BCUT2D eigenvalue weighted by Gasteiger charge is -2.13. The molecule has 2 rings (SSSR count). The molecular formula is C14H12F4N2O3S. The summed E-state index contributed by atoms with van der Waals surface area (Å²) >= 11 is 0. The fraction of sp³-hybridized carbons (Fsp3) is 0.214. The molecule has 0 fully saturated rings. The van der Waals surface area contributed by atoms with Crippen LogP contribution in [0.5, 0.6) is 5.88 Å². The Labute approximate surface area is 135 Å². The lowest BCUT2D eigenvalue weighted by atomic mass is 10.3. The number of pyridine rings is 1. The van der Waals surface area contributed by atoms with Gasteiger partial charge in [0.15, 0.2) is 6.61 Å². The van der Waals surface area contributed by atoms with Gasteiger partial charge >= 0.3 is 6.18 Å². The van der Waals surface area contributed by atoms with Gasteiger partial charge in [0.1, 0.15) is 10.7 Å². The van der Waals surface area contributed by atoms with Crippen molar-refractivity contribution in [3.05, 3.63) is 54.0 Å². The number of halogens is 4. The quantitative estimate of drug-likeness (QED) is 0.801. The molecular weight excluding hydrogens is 352 g/mol. The number of hydrogen-bond donors (Lipinski definition) is 1. The topological polar surface area (TPSA) is 68.3 Å². The normalized spacial score (nSPS) is 12.2. The SMILES string of the molecule is O=S(=O)(NCc1cccnc1OCC(F)(F)F)c1ccccc1F. The lowest BCUT2D eigenvalue weighted by Crippen LogP contribution is -2.25. The molecule has 1 N–H and O–H groups in total. The minimum atomic E-state index is -4.55. The van der Waals surface area contributed by atoms with Crippen LogP contribution in [-0.4, -0.2) is 26.2 Å². The molecule has 1 aromatic heterocycles. The van der Waals surface area contributed by atoms with Crippen LogP contribution in [0.15, 0.2) is 47.5 Å². The summed E-state index contributed by atoms with van der Waals surface area (Å²) in [5.41, 5.74) is 0.0849. The van der Waals surface area contributed by atoms with Crippen LogP contribution in [-0.2, 0) is 16.6 Å². The van der Waals surface area contributed by atoms with E-state index in [9.17, 15) is 26.0 Å². The van der Waals surface area contributed by atoms with Gasteiger partial charge in [-0.2, -0.15) is 13.2 Å². The Morgan fingerprint density at radius 3 is 2.50 bits per heavy atom. The average Bonchev–Trinajstić information content (AvgIpc) is 2.51. The maximum atomic E-state index is 13.6. The van der Waals surface area contributed by atoms with Gasteiger partial charge < -0.3 is 4.74 Å². The van der Waals surface area contributed by atoms with Gasteiger partial charge in [0.25, 0.3) is 0 Å². The zero-order valence-electron chi connectivity index (χ0n) is 12.0. The summed E-state index contributed by atoms with van der Waals surface area (Å²) in [4.78, 5) is 3.08. The van der Waals surface area contributed by atoms with Crippen LogP contribution in [0.1, 0.15) is 5.56 Å². The van der Waals surface area contributed by atoms with Crippen molar-refractivity contribution in [2.45, 2.75) is 17.6 Å². The molecule has 130 valence electrons. The van der Waals surface area contributed by atoms with Crippen LogP contribution in [0.2, 0.25) is 0 Å². The highest BCUT2D eigenvalue weighted by Crippen LogP contribution is 2.21. The average molecular weight is 364 g/mol. The number of benzene rings is 1. The summed E-state index contributed by atoms with van der Waals surface area (Å²) in [6.07, 6.45) is -3.35. The van der Waals surface area contributed by atoms with Crippen LogP contribution in [0.4, 0.5) is 17.6 Å². The lowest BCUT2D eigenvalue weighted by molar-refractivity contribution is -0.154. The Morgan fingerprint density at radius 2 is 1.83 bits per heavy atom. The molecule has 0 radical (unpaired) electrons. The molecule has 1 heterocycles. The number of nitrogens with zero attached hydrogens (tertiary/aromatic N) is 1. The van der Waals surface area contributed by atoms with Crippen molar-refractivity contribution < 1.29 is 30.7 Å². The Morgan fingerprint density at radius 1 is 1.12 bits per heavy atom. The Balaban J connectivity index is 2.13. The number of alkyl halides is 3. The first-order chi connectivity index (χ1) is 11.2. The van der Waals surface area contributed by atoms with Gasteiger partial charge in [-0.3, -0.25) is 0 Å². The first-order valence-electron chi connectivity index (χ1n) is 6.57. The number of hydrogen-bond acceptors (Lipinski definition) is 4. The predicted octanol–water partition coefficient (Wildman–Crippen LogP) is 2.64. The van der Waals surface area contributed by atoms with E-state index in [2.05, 4.69) is 14.4 Å². The third-order valence-electron chi connectivity index (χ3n) is 2.80. The maximum Gasteiger partial charge on any atom is 0.422 e. The maximum absolute atomic E-state index is 13.6. The molecule has 0 unspecified atom stereocenters. The second-order valence-corrected chi connectivity index (χ2v) is 6.36. The molecule has 0 spiro atoms. The van der Waals surface area contributed by atoms with Crippen molar-refractivity contribution in [1.29, 1.82) is 0 Å². The van der Waals surface area contributed by atoms with E-state index in [-0.39, 0.29) is 11.4 Å². The molecule has 2 aromatic rings. The van der Waals surface area contributed by atoms with Gasteiger partial charge in [-0.15, -0.1) is 0 Å². The number of aromatic nitrogens is 1. The molecule has 0 saturated carbocycles. The second kappa shape index (κ2) is 7.14. The molecule has 0 aliphatic carbocycles. The number of nitrogens with one attached hydrogen (secondary N) is 1. The number of sulfonamides is 1. The van der Waals surface area contributed by atoms with Crippen LogP contribution in [0.25, 0.3) is 0 Å². The first-order valence-corrected chi connectivity index (χ1v) is 8.05. The monoisotopic (exact) mass is 364 g/mol. The van der Waals surface area contributed by atoms with Crippen molar-refractivity contribution in [1.82, 2.24) is 9.71 Å². The van der Waals surface area contributed by atoms with Crippen LogP contribution in [0.3, 0.4) is 0 Å². The Kier molecular flexibility index (Phi) is 5.40. The zero-order chi connectivity index (χ0) is 17.8. The molecule has 5 nitrogen and oxygen atoms in total. The van der Waals surface area contributed by atoms with Crippen molar-refractivity contribution in [2.75, 3.05) is 6.61 Å². The van der Waals surface area contributed by atoms with E-state index in [1.165, 1.54) is 30.5 Å². The summed E-state index contributed by atoms with van der Waals surface area (Å²) in [5.74, 6) is -1.30. The van der Waals surface area contributed by atoms with Gasteiger partial charge in [0, 0.05) is 18.3 Å². The highest BCUT2D eigenvalue weighted by atomic mass is 32.2. The summed E-state index contributed by atoms with van der Waals surface area (Å²) in [5, 5.41) is 0. The van der Waals surface area contributed by atoms with Crippen molar-refractivity contribution in [3.63, 3.8) is 0 Å². The Hall–Kier alpha value is -2.20. The molecule has 0 aliphatic rings. The fourth-order valence-corrected chi connectivity index (χ4v) is 2.84. The molecule has 24 heavy (non-hydrogen) atoms. The number of rotatable bonds is 6. The van der Waals surface area contributed by atoms with Gasteiger partial charge in [-0.05, 0) is 18.2 Å². The smallest absolute Gasteiger partial charge is 0.422 e. The van der Waals surface area contributed by atoms with Crippen molar-refractivity contribution >= 4 is 10.0 Å². The van der Waals surface area contributed by atoms with E-state index in [0.29, 0.717) is 0 Å². The largest absolute Gasteiger partial charge is 0.468 e. The van der Waals surface area contributed by atoms with Crippen LogP contribution in [0, 0.1) is 5.82 Å². The Bertz CT molecular complexity index is 810. The molecule has 0 bridgehead atoms. The minimum absolute atomic E-state index is 0.0849. The highest BCUT2D eigenvalue weighted by Gasteiger charge is 2.29. The van der Waals surface area contributed by atoms with E-state index in [0.717, 1.165) is 12.1 Å². The first kappa shape index (κ1) is 18.1. The third kappa shape index (κ3) is 4.90. The van der Waals surface area contributed by atoms with E-state index >= 15 is 0 Å². The minimum Gasteiger partial charge on any atom is -0.468 e. The summed E-state index contributed by atoms with van der Waals surface area (Å²) in [7, 11) is -4.18. The summed E-state index contributed by atoms with van der Waals surface area (Å²) in [6, 6.07) is 7.49. The fourth-order valence-electron chi connectivity index (χ4n) is 1.75. The molecule has 0 atom stereocenters. The van der Waals surface area contributed by atoms with E-state index in [1.807, 2.05) is 0 Å². The zero-order valence-corrected chi connectivity index (χ0v) is 12.9. The molecule has 0 aliphatic heterocycles. The summed E-state index contributed by atoms with van der Waals surface area (Å²) in [6.45, 7) is -1.96. The molecule has 10 heteroatoms. The molecule has 1 aromatic carbocycles. The highest BCUT2D eigenvalue weighted by molar-refractivity contribution is 7.89. The second-order valence-electron chi connectivity index (χ2n) is 4.63. The van der Waals surface area contributed by atoms with Crippen molar-refractivity contribution in [3.8, 4) is 5.88 Å².